The van der Waals surface area contributed by atoms with Gasteiger partial charge in [0, 0.05) is 67.1 Å². The van der Waals surface area contributed by atoms with Crippen molar-refractivity contribution >= 4 is 77.0 Å². The molecule has 1 aliphatic heterocycles. The standard InChI is InChI=1S/C69H51N5/c1-42-15-31-61-56(35-42)57-36-43(2)16-32-62(57)72(61)51-24-19-46(20-25-51)49-23-29-54-55-30-28-53(74-63-33-17-44(3)37-58(63)59-38-45(4)18-34-64(59)74)40-66(55)73(65(54)39-49)52-26-21-47(22-27-52)67-60-41-69(60,50-13-9-6-10-14-50)71-68(70-67)48-11-7-5-8-12-48/h5-40H,41H2,1-4H3,(H,70,71). The maximum absolute atomic E-state index is 5.43. The van der Waals surface area contributed by atoms with Crippen molar-refractivity contribution in [2.24, 2.45) is 4.99 Å². The third-order valence-corrected chi connectivity index (χ3v) is 16.0. The van der Waals surface area contributed by atoms with Gasteiger partial charge in [-0.25, -0.2) is 0 Å². The van der Waals surface area contributed by atoms with Crippen LogP contribution in [0.15, 0.2) is 229 Å². The van der Waals surface area contributed by atoms with Gasteiger partial charge in [0.25, 0.3) is 0 Å². The summed E-state index contributed by atoms with van der Waals surface area (Å²) in [4.78, 5) is 5.43. The Kier molecular flexibility index (Phi) is 9.13. The van der Waals surface area contributed by atoms with Gasteiger partial charge < -0.3 is 19.0 Å². The Hall–Kier alpha value is -9.19. The zero-order valence-electron chi connectivity index (χ0n) is 41.8. The lowest BCUT2D eigenvalue weighted by Crippen LogP contribution is -2.29. The molecule has 10 aromatic carbocycles. The number of aryl methyl sites for hydroxylation is 4. The summed E-state index contributed by atoms with van der Waals surface area (Å²) in [5, 5.41) is 11.4. The Morgan fingerprint density at radius 2 is 0.784 bits per heavy atom. The fourth-order valence-electron chi connectivity index (χ4n) is 12.3. The Labute approximate surface area is 429 Å². The van der Waals surface area contributed by atoms with Crippen molar-refractivity contribution in [1.29, 1.82) is 0 Å². The van der Waals surface area contributed by atoms with Crippen LogP contribution in [0.1, 0.15) is 45.4 Å². The van der Waals surface area contributed by atoms with Gasteiger partial charge in [-0.15, -0.1) is 0 Å². The first-order chi connectivity index (χ1) is 36.3. The van der Waals surface area contributed by atoms with E-state index in [2.05, 4.69) is 265 Å². The molecule has 0 saturated heterocycles. The maximum Gasteiger partial charge on any atom is 0.134 e. The van der Waals surface area contributed by atoms with E-state index >= 15 is 0 Å². The third-order valence-electron chi connectivity index (χ3n) is 16.0. The second-order valence-electron chi connectivity index (χ2n) is 20.8. The first kappa shape index (κ1) is 42.5. The van der Waals surface area contributed by atoms with Crippen molar-refractivity contribution in [2.45, 2.75) is 39.7 Å². The molecule has 15 rings (SSSR count). The summed E-state index contributed by atoms with van der Waals surface area (Å²) in [6.45, 7) is 8.73. The van der Waals surface area contributed by atoms with E-state index in [0.717, 1.165) is 57.2 Å². The minimum atomic E-state index is -0.366. The molecule has 0 radical (unpaired) electrons. The highest BCUT2D eigenvalue weighted by Crippen LogP contribution is 2.59. The Morgan fingerprint density at radius 1 is 0.351 bits per heavy atom. The number of aliphatic imine (C=N–C) groups is 1. The number of benzene rings is 10. The fraction of sp³-hybridized carbons (Fsp3) is 0.0870. The molecule has 3 aromatic heterocycles. The van der Waals surface area contributed by atoms with Crippen molar-refractivity contribution in [2.75, 3.05) is 0 Å². The SMILES string of the molecule is Cc1ccc2c(c1)c1cc(C)ccc1n2-c1ccc(-c2ccc3c4ccc(-n5c6ccc(C)cc6c6cc(C)ccc65)cc4n(-c4ccc(C5=C6CC6(c6ccccc6)N=C(c6ccccc6)N5)cc4)c3c2)cc1. The van der Waals surface area contributed by atoms with Crippen molar-refractivity contribution in [1.82, 2.24) is 19.0 Å². The van der Waals surface area contributed by atoms with Gasteiger partial charge in [0.2, 0.25) is 0 Å². The van der Waals surface area contributed by atoms with E-state index in [9.17, 15) is 0 Å². The zero-order chi connectivity index (χ0) is 49.4. The highest BCUT2D eigenvalue weighted by Gasteiger charge is 2.55. The maximum atomic E-state index is 5.43. The molecule has 2 aliphatic rings. The second kappa shape index (κ2) is 15.9. The number of aromatic nitrogens is 3. The molecule has 1 fully saturated rings. The summed E-state index contributed by atoms with van der Waals surface area (Å²) >= 11 is 0. The number of fused-ring (bicyclic) bond motifs is 10. The van der Waals surface area contributed by atoms with E-state index in [1.165, 1.54) is 98.9 Å². The molecule has 1 saturated carbocycles. The van der Waals surface area contributed by atoms with Crippen LogP contribution >= 0.6 is 0 Å². The van der Waals surface area contributed by atoms with Gasteiger partial charge in [-0.05, 0) is 147 Å². The average Bonchev–Trinajstić information content (AvgIpc) is 3.94. The third kappa shape index (κ3) is 6.45. The molecule has 5 heteroatoms. The molecule has 0 bridgehead atoms. The zero-order valence-corrected chi connectivity index (χ0v) is 41.8. The van der Waals surface area contributed by atoms with Crippen LogP contribution in [0.25, 0.3) is 99.3 Å². The number of hydrogen-bond acceptors (Lipinski definition) is 2. The van der Waals surface area contributed by atoms with Crippen LogP contribution in [0, 0.1) is 27.7 Å². The van der Waals surface area contributed by atoms with Gasteiger partial charge >= 0.3 is 0 Å². The Balaban J connectivity index is 0.891. The van der Waals surface area contributed by atoms with Crippen LogP contribution in [-0.4, -0.2) is 19.5 Å². The van der Waals surface area contributed by atoms with E-state index in [0.29, 0.717) is 0 Å². The van der Waals surface area contributed by atoms with E-state index in [1.807, 2.05) is 0 Å². The van der Waals surface area contributed by atoms with Crippen LogP contribution in [-0.2, 0) is 5.54 Å². The van der Waals surface area contributed by atoms with Crippen LogP contribution in [0.3, 0.4) is 0 Å². The number of hydrogen-bond donors (Lipinski definition) is 1. The van der Waals surface area contributed by atoms with Crippen molar-refractivity contribution in [3.63, 3.8) is 0 Å². The van der Waals surface area contributed by atoms with Crippen molar-refractivity contribution in [3.05, 3.63) is 263 Å². The summed E-state index contributed by atoms with van der Waals surface area (Å²) in [5.41, 5.74) is 23.5. The molecule has 74 heavy (non-hydrogen) atoms. The van der Waals surface area contributed by atoms with Crippen LogP contribution in [0.4, 0.5) is 0 Å². The lowest BCUT2D eigenvalue weighted by atomic mass is 10.00. The predicted molar refractivity (Wildman–Crippen MR) is 310 cm³/mol. The van der Waals surface area contributed by atoms with Crippen LogP contribution in [0.5, 0.6) is 0 Å². The Morgan fingerprint density at radius 3 is 1.32 bits per heavy atom. The molecule has 1 aliphatic carbocycles. The second-order valence-corrected chi connectivity index (χ2v) is 20.8. The van der Waals surface area contributed by atoms with Gasteiger partial charge in [-0.1, -0.05) is 150 Å². The molecule has 1 unspecified atom stereocenters. The molecule has 1 atom stereocenters. The summed E-state index contributed by atoms with van der Waals surface area (Å²) in [7, 11) is 0. The molecule has 352 valence electrons. The quantitative estimate of drug-likeness (QED) is 0.170. The summed E-state index contributed by atoms with van der Waals surface area (Å²) in [6, 6.07) is 81.0. The summed E-state index contributed by atoms with van der Waals surface area (Å²) in [5.74, 6) is 0.904. The van der Waals surface area contributed by atoms with Crippen molar-refractivity contribution in [3.8, 4) is 28.2 Å². The highest BCUT2D eigenvalue weighted by molar-refractivity contribution is 6.14. The normalized spacial score (nSPS) is 15.4. The first-order valence-corrected chi connectivity index (χ1v) is 25.8. The molecule has 13 aromatic rings. The monoisotopic (exact) mass is 949 g/mol. The highest BCUT2D eigenvalue weighted by atomic mass is 15.1. The lowest BCUT2D eigenvalue weighted by Gasteiger charge is -2.23. The number of nitrogens with one attached hydrogen (secondary N) is 1. The summed E-state index contributed by atoms with van der Waals surface area (Å²) in [6.07, 6.45) is 0.886. The van der Waals surface area contributed by atoms with E-state index < -0.39 is 0 Å². The number of nitrogens with zero attached hydrogens (tertiary/aromatic N) is 4. The van der Waals surface area contributed by atoms with Gasteiger partial charge in [0.15, 0.2) is 0 Å². The molecule has 0 amide bonds. The van der Waals surface area contributed by atoms with Crippen molar-refractivity contribution < 1.29 is 0 Å². The molecule has 0 spiro atoms. The van der Waals surface area contributed by atoms with Gasteiger partial charge in [0.05, 0.1) is 33.1 Å². The largest absolute Gasteiger partial charge is 0.339 e. The van der Waals surface area contributed by atoms with Crippen LogP contribution < -0.4 is 5.32 Å². The van der Waals surface area contributed by atoms with E-state index in [-0.39, 0.29) is 5.54 Å². The van der Waals surface area contributed by atoms with Gasteiger partial charge in [-0.2, -0.15) is 0 Å². The molecule has 5 nitrogen and oxygen atoms in total. The average molecular weight is 950 g/mol. The molecule has 4 heterocycles. The smallest absolute Gasteiger partial charge is 0.134 e. The summed E-state index contributed by atoms with van der Waals surface area (Å²) < 4.78 is 7.34. The fourth-order valence-corrected chi connectivity index (χ4v) is 12.3. The number of amidine groups is 1. The van der Waals surface area contributed by atoms with Crippen LogP contribution in [0.2, 0.25) is 0 Å². The lowest BCUT2D eigenvalue weighted by molar-refractivity contribution is 0.762. The predicted octanol–water partition coefficient (Wildman–Crippen LogP) is 16.9. The first-order valence-electron chi connectivity index (χ1n) is 25.8. The molecular formula is C69H51N5. The molecule has 1 N–H and O–H groups in total. The molecular weight excluding hydrogens is 899 g/mol. The van der Waals surface area contributed by atoms with E-state index in [4.69, 9.17) is 4.99 Å². The van der Waals surface area contributed by atoms with Gasteiger partial charge in [0.1, 0.15) is 11.4 Å². The van der Waals surface area contributed by atoms with E-state index in [1.54, 1.807) is 0 Å². The topological polar surface area (TPSA) is 39.2 Å². The van der Waals surface area contributed by atoms with Gasteiger partial charge in [-0.3, -0.25) is 4.99 Å². The minimum absolute atomic E-state index is 0.366. The number of rotatable bonds is 7. The Bertz CT molecular complexity index is 4430. The minimum Gasteiger partial charge on any atom is -0.339 e.